The van der Waals surface area contributed by atoms with Gasteiger partial charge in [0, 0.05) is 0 Å². The highest BCUT2D eigenvalue weighted by atomic mass is 16.5. The maximum absolute atomic E-state index is 11.9. The number of rotatable bonds is 8. The van der Waals surface area contributed by atoms with E-state index in [9.17, 15) is 14.7 Å². The predicted molar refractivity (Wildman–Crippen MR) is 68.5 cm³/mol. The van der Waals surface area contributed by atoms with Gasteiger partial charge >= 0.3 is 11.9 Å². The summed E-state index contributed by atoms with van der Waals surface area (Å²) in [6, 6.07) is 0. The Morgan fingerprint density at radius 3 is 2.16 bits per heavy atom. The molecular weight excluding hydrogens is 252 g/mol. The van der Waals surface area contributed by atoms with Gasteiger partial charge in [0.25, 0.3) is 0 Å². The third-order valence-electron chi connectivity index (χ3n) is 3.30. The second kappa shape index (κ2) is 6.86. The Labute approximate surface area is 113 Å². The van der Waals surface area contributed by atoms with Crippen LogP contribution in [0.15, 0.2) is 0 Å². The van der Waals surface area contributed by atoms with Crippen LogP contribution in [0, 0.1) is 10.8 Å². The van der Waals surface area contributed by atoms with Crippen molar-refractivity contribution >= 4 is 11.9 Å². The molecule has 0 saturated carbocycles. The molecule has 0 aliphatic carbocycles. The molecule has 19 heavy (non-hydrogen) atoms. The third-order valence-corrected chi connectivity index (χ3v) is 3.30. The van der Waals surface area contributed by atoms with E-state index in [1.807, 2.05) is 0 Å². The molecule has 0 radical (unpaired) electrons. The minimum atomic E-state index is -1.11. The maximum atomic E-state index is 11.9. The summed E-state index contributed by atoms with van der Waals surface area (Å²) in [5.41, 5.74) is -1.98. The van der Waals surface area contributed by atoms with Gasteiger partial charge in [-0.15, -0.1) is 0 Å². The van der Waals surface area contributed by atoms with Gasteiger partial charge in [-0.05, 0) is 33.6 Å². The first kappa shape index (κ1) is 17.9. The zero-order valence-corrected chi connectivity index (χ0v) is 12.0. The Morgan fingerprint density at radius 1 is 1.26 bits per heavy atom. The van der Waals surface area contributed by atoms with Crippen LogP contribution in [0.4, 0.5) is 0 Å². The van der Waals surface area contributed by atoms with Gasteiger partial charge in [0.2, 0.25) is 0 Å². The molecule has 0 bridgehead atoms. The molecule has 6 nitrogen and oxygen atoms in total. The van der Waals surface area contributed by atoms with Crippen molar-refractivity contribution < 1.29 is 29.6 Å². The smallest absolute Gasteiger partial charge is 0.311 e. The number of carbonyl (C=O) groups excluding carboxylic acids is 1. The lowest BCUT2D eigenvalue weighted by Gasteiger charge is -2.32. The van der Waals surface area contributed by atoms with Crippen LogP contribution in [0.1, 0.15) is 40.5 Å². The number of aliphatic hydroxyl groups excluding tert-OH is 2. The summed E-state index contributed by atoms with van der Waals surface area (Å²) in [4.78, 5) is 23.1. The van der Waals surface area contributed by atoms with Crippen molar-refractivity contribution in [3.8, 4) is 0 Å². The fraction of sp³-hybridized carbons (Fsp3) is 0.846. The monoisotopic (exact) mass is 276 g/mol. The van der Waals surface area contributed by atoms with Gasteiger partial charge < -0.3 is 20.1 Å². The number of carboxylic acid groups (broad SMARTS) is 1. The topological polar surface area (TPSA) is 104 Å². The van der Waals surface area contributed by atoms with E-state index in [1.54, 1.807) is 27.7 Å². The van der Waals surface area contributed by atoms with Crippen molar-refractivity contribution in [1.82, 2.24) is 0 Å². The molecule has 0 heterocycles. The fourth-order valence-corrected chi connectivity index (χ4v) is 1.82. The summed E-state index contributed by atoms with van der Waals surface area (Å²) in [6.07, 6.45) is -0.574. The van der Waals surface area contributed by atoms with E-state index in [0.717, 1.165) is 0 Å². The lowest BCUT2D eigenvalue weighted by molar-refractivity contribution is -0.162. The number of ether oxygens (including phenoxy) is 1. The summed E-state index contributed by atoms with van der Waals surface area (Å²) >= 11 is 0. The van der Waals surface area contributed by atoms with E-state index in [1.165, 1.54) is 0 Å². The van der Waals surface area contributed by atoms with Crippen molar-refractivity contribution in [3.63, 3.8) is 0 Å². The third kappa shape index (κ3) is 5.16. The Kier molecular flexibility index (Phi) is 6.45. The summed E-state index contributed by atoms with van der Waals surface area (Å²) in [7, 11) is 0. The molecule has 0 saturated heterocycles. The Bertz CT molecular complexity index is 325. The molecule has 0 aliphatic heterocycles. The van der Waals surface area contributed by atoms with Crippen LogP contribution in [-0.4, -0.2) is 46.6 Å². The van der Waals surface area contributed by atoms with Crippen LogP contribution in [-0.2, 0) is 14.3 Å². The maximum Gasteiger partial charge on any atom is 0.311 e. The van der Waals surface area contributed by atoms with Gasteiger partial charge in [0.05, 0.1) is 17.4 Å². The van der Waals surface area contributed by atoms with Crippen LogP contribution in [0.25, 0.3) is 0 Å². The highest BCUT2D eigenvalue weighted by molar-refractivity contribution is 5.79. The first-order valence-electron chi connectivity index (χ1n) is 6.28. The average molecular weight is 276 g/mol. The second-order valence-corrected chi connectivity index (χ2v) is 5.71. The highest BCUT2D eigenvalue weighted by Gasteiger charge is 2.42. The van der Waals surface area contributed by atoms with Gasteiger partial charge in [-0.1, -0.05) is 6.92 Å². The molecule has 3 N–H and O–H groups in total. The normalized spacial score (nSPS) is 16.5. The molecule has 0 aromatic carbocycles. The number of aliphatic hydroxyl groups is 2. The molecule has 0 amide bonds. The average Bonchev–Trinajstić information content (AvgIpc) is 2.34. The van der Waals surface area contributed by atoms with Crippen molar-refractivity contribution in [2.24, 2.45) is 10.8 Å². The molecular formula is C13H24O6. The fourth-order valence-electron chi connectivity index (χ4n) is 1.82. The van der Waals surface area contributed by atoms with Gasteiger partial charge in [0.1, 0.15) is 12.7 Å². The molecule has 0 rings (SSSR count). The molecule has 0 aromatic rings. The predicted octanol–water partition coefficient (Wildman–Crippen LogP) is 0.800. The number of aliphatic carboxylic acids is 1. The van der Waals surface area contributed by atoms with E-state index >= 15 is 0 Å². The number of hydrogen-bond donors (Lipinski definition) is 3. The first-order valence-corrected chi connectivity index (χ1v) is 6.28. The molecule has 2 unspecified atom stereocenters. The van der Waals surface area contributed by atoms with Crippen LogP contribution in [0.5, 0.6) is 0 Å². The van der Waals surface area contributed by atoms with Crippen LogP contribution in [0.2, 0.25) is 0 Å². The first-order chi connectivity index (χ1) is 8.59. The van der Waals surface area contributed by atoms with Crippen molar-refractivity contribution in [2.45, 2.75) is 46.6 Å². The quantitative estimate of drug-likeness (QED) is 0.566. The van der Waals surface area contributed by atoms with Crippen molar-refractivity contribution in [2.75, 3.05) is 13.2 Å². The number of hydrogen-bond acceptors (Lipinski definition) is 5. The second-order valence-electron chi connectivity index (χ2n) is 5.71. The van der Waals surface area contributed by atoms with Gasteiger partial charge in [-0.2, -0.15) is 0 Å². The lowest BCUT2D eigenvalue weighted by Crippen LogP contribution is -2.38. The molecule has 2 atom stereocenters. The lowest BCUT2D eigenvalue weighted by atomic mass is 9.72. The highest BCUT2D eigenvalue weighted by Crippen LogP contribution is 2.37. The zero-order valence-electron chi connectivity index (χ0n) is 12.0. The van der Waals surface area contributed by atoms with Crippen molar-refractivity contribution in [1.29, 1.82) is 0 Å². The standard InChI is InChI=1S/C13H24O6/c1-5-13(4,10(16)17)8-12(2,3)11(18)19-7-9(15)6-14/h9,14-15H,5-8H2,1-4H3,(H,16,17). The zero-order chi connectivity index (χ0) is 15.3. The molecule has 0 aromatic heterocycles. The van der Waals surface area contributed by atoms with Crippen molar-refractivity contribution in [3.05, 3.63) is 0 Å². The summed E-state index contributed by atoms with van der Waals surface area (Å²) < 4.78 is 4.89. The minimum Gasteiger partial charge on any atom is -0.481 e. The van der Waals surface area contributed by atoms with Gasteiger partial charge in [-0.3, -0.25) is 9.59 Å². The largest absolute Gasteiger partial charge is 0.481 e. The van der Waals surface area contributed by atoms with Crippen LogP contribution < -0.4 is 0 Å². The minimum absolute atomic E-state index is 0.139. The summed E-state index contributed by atoms with van der Waals surface area (Å²) in [5.74, 6) is -1.54. The van der Waals surface area contributed by atoms with Crippen LogP contribution in [0.3, 0.4) is 0 Å². The molecule has 6 heteroatoms. The van der Waals surface area contributed by atoms with E-state index in [-0.39, 0.29) is 13.0 Å². The summed E-state index contributed by atoms with van der Waals surface area (Å²) in [5, 5.41) is 27.0. The van der Waals surface area contributed by atoms with E-state index in [0.29, 0.717) is 6.42 Å². The van der Waals surface area contributed by atoms with E-state index in [2.05, 4.69) is 0 Å². The number of esters is 1. The SMILES string of the molecule is CCC(C)(CC(C)(C)C(=O)OCC(O)CO)C(=O)O. The van der Waals surface area contributed by atoms with E-state index in [4.69, 9.17) is 14.9 Å². The molecule has 0 spiro atoms. The summed E-state index contributed by atoms with van der Waals surface area (Å²) in [6.45, 7) is 5.77. The van der Waals surface area contributed by atoms with Gasteiger partial charge in [-0.25, -0.2) is 0 Å². The molecule has 0 fully saturated rings. The molecule has 112 valence electrons. The Balaban J connectivity index is 4.69. The van der Waals surface area contributed by atoms with E-state index < -0.39 is 35.5 Å². The Morgan fingerprint density at radius 2 is 1.79 bits per heavy atom. The molecule has 0 aliphatic rings. The number of carboxylic acids is 1. The van der Waals surface area contributed by atoms with Crippen LogP contribution >= 0.6 is 0 Å². The van der Waals surface area contributed by atoms with Gasteiger partial charge in [0.15, 0.2) is 0 Å². The Hall–Kier alpha value is -1.14. The number of carbonyl (C=O) groups is 2.